The summed E-state index contributed by atoms with van der Waals surface area (Å²) in [4.78, 5) is 0. The van der Waals surface area contributed by atoms with Crippen molar-refractivity contribution in [2.45, 2.75) is 26.7 Å². The van der Waals surface area contributed by atoms with E-state index < -0.39 is 0 Å². The van der Waals surface area contributed by atoms with E-state index in [1.807, 2.05) is 12.1 Å². The second-order valence-corrected chi connectivity index (χ2v) is 4.53. The number of nitrogens with two attached hydrogens (primary N) is 2. The summed E-state index contributed by atoms with van der Waals surface area (Å²) in [6, 6.07) is 12.4. The zero-order valence-corrected chi connectivity index (χ0v) is 11.0. The summed E-state index contributed by atoms with van der Waals surface area (Å²) in [5.74, 6) is 0. The van der Waals surface area contributed by atoms with Gasteiger partial charge in [0.25, 0.3) is 0 Å². The van der Waals surface area contributed by atoms with Crippen LogP contribution in [0.4, 0.5) is 11.4 Å². The molecule has 0 unspecified atom stereocenters. The van der Waals surface area contributed by atoms with Gasteiger partial charge in [-0.15, -0.1) is 0 Å². The SMILES string of the molecule is CCc1cc(-c2ccc(N)c(CC)c2)ccc1N. The highest BCUT2D eigenvalue weighted by molar-refractivity contribution is 5.70. The lowest BCUT2D eigenvalue weighted by molar-refractivity contribution is 1.14. The van der Waals surface area contributed by atoms with Gasteiger partial charge in [-0.2, -0.15) is 0 Å². The van der Waals surface area contributed by atoms with Crippen LogP contribution in [0.1, 0.15) is 25.0 Å². The molecule has 0 fully saturated rings. The average molecular weight is 240 g/mol. The molecule has 2 aromatic carbocycles. The summed E-state index contributed by atoms with van der Waals surface area (Å²) >= 11 is 0. The first kappa shape index (κ1) is 12.5. The standard InChI is InChI=1S/C16H20N2/c1-3-11-9-13(5-7-15(11)17)14-6-8-16(18)12(4-2)10-14/h5-10H,3-4,17-18H2,1-2H3. The number of hydrogen-bond acceptors (Lipinski definition) is 2. The van der Waals surface area contributed by atoms with E-state index in [9.17, 15) is 0 Å². The van der Waals surface area contributed by atoms with Gasteiger partial charge in [0, 0.05) is 11.4 Å². The molecule has 0 saturated heterocycles. The van der Waals surface area contributed by atoms with E-state index in [1.54, 1.807) is 0 Å². The molecule has 0 heterocycles. The van der Waals surface area contributed by atoms with Crippen molar-refractivity contribution in [1.82, 2.24) is 0 Å². The van der Waals surface area contributed by atoms with Crippen LogP contribution >= 0.6 is 0 Å². The molecule has 4 N–H and O–H groups in total. The van der Waals surface area contributed by atoms with Crippen LogP contribution in [0, 0.1) is 0 Å². The second kappa shape index (κ2) is 5.13. The van der Waals surface area contributed by atoms with Crippen molar-refractivity contribution in [3.63, 3.8) is 0 Å². The van der Waals surface area contributed by atoms with Gasteiger partial charge in [0.15, 0.2) is 0 Å². The van der Waals surface area contributed by atoms with Crippen molar-refractivity contribution in [3.8, 4) is 11.1 Å². The molecule has 0 radical (unpaired) electrons. The van der Waals surface area contributed by atoms with Crippen molar-refractivity contribution in [2.75, 3.05) is 11.5 Å². The minimum absolute atomic E-state index is 0.868. The van der Waals surface area contributed by atoms with Crippen LogP contribution in [0.25, 0.3) is 11.1 Å². The molecule has 2 rings (SSSR count). The molecule has 0 bridgehead atoms. The molecule has 94 valence electrons. The average Bonchev–Trinajstić information content (AvgIpc) is 2.40. The topological polar surface area (TPSA) is 52.0 Å². The van der Waals surface area contributed by atoms with E-state index in [0.29, 0.717) is 0 Å². The molecule has 0 atom stereocenters. The largest absolute Gasteiger partial charge is 0.399 e. The Morgan fingerprint density at radius 1 is 0.722 bits per heavy atom. The van der Waals surface area contributed by atoms with Crippen LogP contribution in [0.15, 0.2) is 36.4 Å². The molecule has 0 aliphatic carbocycles. The van der Waals surface area contributed by atoms with Gasteiger partial charge in [0.05, 0.1) is 0 Å². The van der Waals surface area contributed by atoms with Gasteiger partial charge >= 0.3 is 0 Å². The number of rotatable bonds is 3. The van der Waals surface area contributed by atoms with Crippen LogP contribution in [-0.2, 0) is 12.8 Å². The Morgan fingerprint density at radius 2 is 1.11 bits per heavy atom. The Hall–Kier alpha value is -1.96. The maximum Gasteiger partial charge on any atom is 0.0346 e. The monoisotopic (exact) mass is 240 g/mol. The van der Waals surface area contributed by atoms with E-state index in [-0.39, 0.29) is 0 Å². The summed E-state index contributed by atoms with van der Waals surface area (Å²) in [6.07, 6.45) is 1.91. The molecular formula is C16H20N2. The third kappa shape index (κ3) is 2.33. The van der Waals surface area contributed by atoms with Gasteiger partial charge in [0.2, 0.25) is 0 Å². The summed E-state index contributed by atoms with van der Waals surface area (Å²) in [6.45, 7) is 4.24. The summed E-state index contributed by atoms with van der Waals surface area (Å²) in [5, 5.41) is 0. The zero-order chi connectivity index (χ0) is 13.1. The maximum atomic E-state index is 5.94. The fourth-order valence-corrected chi connectivity index (χ4v) is 2.18. The van der Waals surface area contributed by atoms with E-state index in [1.165, 1.54) is 22.3 Å². The lowest BCUT2D eigenvalue weighted by atomic mass is 9.98. The first-order valence-corrected chi connectivity index (χ1v) is 6.42. The molecule has 2 heteroatoms. The minimum atomic E-state index is 0.868. The van der Waals surface area contributed by atoms with Gasteiger partial charge in [0.1, 0.15) is 0 Å². The second-order valence-electron chi connectivity index (χ2n) is 4.53. The Bertz CT molecular complexity index is 508. The van der Waals surface area contributed by atoms with Crippen LogP contribution in [0.3, 0.4) is 0 Å². The summed E-state index contributed by atoms with van der Waals surface area (Å²) in [7, 11) is 0. The smallest absolute Gasteiger partial charge is 0.0346 e. The predicted molar refractivity (Wildman–Crippen MR) is 79.5 cm³/mol. The van der Waals surface area contributed by atoms with Crippen molar-refractivity contribution in [2.24, 2.45) is 0 Å². The van der Waals surface area contributed by atoms with E-state index in [0.717, 1.165) is 24.2 Å². The highest BCUT2D eigenvalue weighted by Gasteiger charge is 2.04. The lowest BCUT2D eigenvalue weighted by Gasteiger charge is -2.10. The minimum Gasteiger partial charge on any atom is -0.399 e. The van der Waals surface area contributed by atoms with Gasteiger partial charge in [-0.05, 0) is 59.4 Å². The van der Waals surface area contributed by atoms with Gasteiger partial charge in [-0.1, -0.05) is 26.0 Å². The number of nitrogen functional groups attached to an aromatic ring is 2. The van der Waals surface area contributed by atoms with Gasteiger partial charge in [-0.25, -0.2) is 0 Å². The van der Waals surface area contributed by atoms with Crippen LogP contribution in [0.2, 0.25) is 0 Å². The normalized spacial score (nSPS) is 10.6. The molecule has 18 heavy (non-hydrogen) atoms. The Balaban J connectivity index is 2.48. The Morgan fingerprint density at radius 3 is 1.44 bits per heavy atom. The molecule has 0 aliphatic rings. The molecular weight excluding hydrogens is 220 g/mol. The van der Waals surface area contributed by atoms with Crippen LogP contribution in [-0.4, -0.2) is 0 Å². The number of anilines is 2. The van der Waals surface area contributed by atoms with Crippen LogP contribution < -0.4 is 11.5 Å². The summed E-state index contributed by atoms with van der Waals surface area (Å²) < 4.78 is 0. The Labute approximate surface area is 109 Å². The van der Waals surface area contributed by atoms with Gasteiger partial charge < -0.3 is 11.5 Å². The lowest BCUT2D eigenvalue weighted by Crippen LogP contribution is -1.95. The molecule has 0 spiro atoms. The first-order valence-electron chi connectivity index (χ1n) is 6.42. The molecule has 0 amide bonds. The van der Waals surface area contributed by atoms with Crippen molar-refractivity contribution in [1.29, 1.82) is 0 Å². The number of hydrogen-bond donors (Lipinski definition) is 2. The van der Waals surface area contributed by atoms with E-state index in [4.69, 9.17) is 11.5 Å². The van der Waals surface area contributed by atoms with Crippen molar-refractivity contribution in [3.05, 3.63) is 47.5 Å². The Kier molecular flexibility index (Phi) is 3.56. The number of aryl methyl sites for hydroxylation is 2. The maximum absolute atomic E-state index is 5.94. The van der Waals surface area contributed by atoms with Crippen molar-refractivity contribution >= 4 is 11.4 Å². The third-order valence-corrected chi connectivity index (χ3v) is 3.38. The van der Waals surface area contributed by atoms with E-state index in [2.05, 4.69) is 38.1 Å². The highest BCUT2D eigenvalue weighted by Crippen LogP contribution is 2.27. The molecule has 0 saturated carbocycles. The molecule has 0 aliphatic heterocycles. The third-order valence-electron chi connectivity index (χ3n) is 3.38. The predicted octanol–water partition coefficient (Wildman–Crippen LogP) is 3.64. The van der Waals surface area contributed by atoms with Crippen molar-refractivity contribution < 1.29 is 0 Å². The molecule has 0 aromatic heterocycles. The van der Waals surface area contributed by atoms with Gasteiger partial charge in [-0.3, -0.25) is 0 Å². The zero-order valence-electron chi connectivity index (χ0n) is 11.0. The number of benzene rings is 2. The molecule has 2 aromatic rings. The van der Waals surface area contributed by atoms with E-state index >= 15 is 0 Å². The fourth-order valence-electron chi connectivity index (χ4n) is 2.18. The van der Waals surface area contributed by atoms with Crippen LogP contribution in [0.5, 0.6) is 0 Å². The fraction of sp³-hybridized carbons (Fsp3) is 0.250. The molecule has 2 nitrogen and oxygen atoms in total. The summed E-state index contributed by atoms with van der Waals surface area (Å²) in [5.41, 5.74) is 18.4. The first-order chi connectivity index (χ1) is 8.65. The quantitative estimate of drug-likeness (QED) is 0.805. The highest BCUT2D eigenvalue weighted by atomic mass is 14.6.